The Balaban J connectivity index is 1.80. The zero-order valence-electron chi connectivity index (χ0n) is 16.1. The van der Waals surface area contributed by atoms with Crippen LogP contribution in [0.1, 0.15) is 17.0 Å². The van der Waals surface area contributed by atoms with Crippen molar-refractivity contribution in [2.24, 2.45) is 0 Å². The third-order valence-electron chi connectivity index (χ3n) is 4.65. The molecule has 0 aliphatic heterocycles. The first-order valence-electron chi connectivity index (χ1n) is 9.17. The molecule has 0 fully saturated rings. The first kappa shape index (κ1) is 18.8. The number of phenolic OH excluding ortho intramolecular Hbond substituents is 1. The highest BCUT2D eigenvalue weighted by Gasteiger charge is 2.21. The number of imidazole rings is 1. The fourth-order valence-electron chi connectivity index (χ4n) is 3.32. The number of benzene rings is 2. The van der Waals surface area contributed by atoms with E-state index < -0.39 is 0 Å². The summed E-state index contributed by atoms with van der Waals surface area (Å²) in [4.78, 5) is 12.2. The van der Waals surface area contributed by atoms with E-state index in [0.29, 0.717) is 35.1 Å². The summed E-state index contributed by atoms with van der Waals surface area (Å²) in [7, 11) is 1.66. The van der Waals surface area contributed by atoms with E-state index in [9.17, 15) is 15.6 Å². The van der Waals surface area contributed by atoms with Gasteiger partial charge in [0.2, 0.25) is 0 Å². The fraction of sp³-hybridized carbons (Fsp3) is 0.0909. The highest BCUT2D eigenvalue weighted by molar-refractivity contribution is 5.86. The van der Waals surface area contributed by atoms with Crippen molar-refractivity contribution >= 4 is 22.7 Å². The quantitative estimate of drug-likeness (QED) is 0.404. The van der Waals surface area contributed by atoms with Crippen molar-refractivity contribution in [3.63, 3.8) is 0 Å². The summed E-state index contributed by atoms with van der Waals surface area (Å²) in [5, 5.41) is 35.6. The first-order chi connectivity index (χ1) is 14.6. The van der Waals surface area contributed by atoms with E-state index in [-0.39, 0.29) is 16.9 Å². The highest BCUT2D eigenvalue weighted by Crippen LogP contribution is 2.36. The molecule has 0 unspecified atom stereocenters. The lowest BCUT2D eigenvalue weighted by Gasteiger charge is -2.15. The van der Waals surface area contributed by atoms with Crippen LogP contribution < -0.4 is 10.6 Å². The van der Waals surface area contributed by atoms with Gasteiger partial charge in [0.15, 0.2) is 0 Å². The maximum Gasteiger partial charge on any atom is 0.147 e. The number of pyridine rings is 1. The van der Waals surface area contributed by atoms with Crippen molar-refractivity contribution in [1.29, 1.82) is 10.5 Å². The maximum atomic E-state index is 9.89. The summed E-state index contributed by atoms with van der Waals surface area (Å²) < 4.78 is 0. The topological polar surface area (TPSA) is 133 Å². The molecular formula is C22H17N7O. The van der Waals surface area contributed by atoms with E-state index in [1.807, 2.05) is 24.3 Å². The molecule has 0 amide bonds. The van der Waals surface area contributed by atoms with Gasteiger partial charge in [0.05, 0.1) is 17.6 Å². The molecule has 0 saturated heterocycles. The summed E-state index contributed by atoms with van der Waals surface area (Å²) in [5.41, 5.74) is 3.16. The second-order valence-corrected chi connectivity index (χ2v) is 6.51. The first-order valence-corrected chi connectivity index (χ1v) is 9.17. The molecule has 0 saturated carbocycles. The third-order valence-corrected chi connectivity index (χ3v) is 4.65. The van der Waals surface area contributed by atoms with E-state index in [0.717, 1.165) is 11.0 Å². The van der Waals surface area contributed by atoms with Crippen LogP contribution in [0.2, 0.25) is 0 Å². The number of aromatic hydroxyl groups is 1. The van der Waals surface area contributed by atoms with Crippen LogP contribution in [0, 0.1) is 22.7 Å². The lowest BCUT2D eigenvalue weighted by molar-refractivity contribution is 0.475. The van der Waals surface area contributed by atoms with Crippen LogP contribution in [0.4, 0.5) is 11.6 Å². The SMILES string of the molecule is CNc1nc(NCc2nc3ccccc3[nH]2)c(C#N)c(-c2cccc(O)c2)c1C#N. The minimum absolute atomic E-state index is 0.0416. The molecule has 0 aliphatic rings. The number of phenols is 1. The number of aromatic nitrogens is 3. The Labute approximate surface area is 172 Å². The summed E-state index contributed by atoms with van der Waals surface area (Å²) in [6.45, 7) is 0.310. The Morgan fingerprint density at radius 3 is 2.47 bits per heavy atom. The molecule has 8 heteroatoms. The number of nitrogens with zero attached hydrogens (tertiary/aromatic N) is 4. The number of anilines is 2. The average Bonchev–Trinajstić information content (AvgIpc) is 3.19. The second kappa shape index (κ2) is 7.82. The van der Waals surface area contributed by atoms with Gasteiger partial charge in [-0.05, 0) is 29.8 Å². The molecule has 4 N–H and O–H groups in total. The van der Waals surface area contributed by atoms with Gasteiger partial charge in [0.25, 0.3) is 0 Å². The second-order valence-electron chi connectivity index (χ2n) is 6.51. The van der Waals surface area contributed by atoms with Crippen LogP contribution in [0.5, 0.6) is 5.75 Å². The molecule has 2 aromatic carbocycles. The van der Waals surface area contributed by atoms with E-state index in [1.165, 1.54) is 12.1 Å². The van der Waals surface area contributed by atoms with Crippen molar-refractivity contribution in [3.8, 4) is 29.0 Å². The largest absolute Gasteiger partial charge is 0.508 e. The van der Waals surface area contributed by atoms with Crippen molar-refractivity contribution in [1.82, 2.24) is 15.0 Å². The number of nitriles is 2. The molecule has 0 spiro atoms. The predicted octanol–water partition coefficient (Wildman–Crippen LogP) is 3.73. The zero-order chi connectivity index (χ0) is 21.1. The number of rotatable bonds is 5. The predicted molar refractivity (Wildman–Crippen MR) is 114 cm³/mol. The highest BCUT2D eigenvalue weighted by atomic mass is 16.3. The van der Waals surface area contributed by atoms with Gasteiger partial charge in [0, 0.05) is 12.6 Å². The Kier molecular flexibility index (Phi) is 4.90. The summed E-state index contributed by atoms with van der Waals surface area (Å²) >= 11 is 0. The number of hydrogen-bond donors (Lipinski definition) is 4. The maximum absolute atomic E-state index is 9.89. The van der Waals surface area contributed by atoms with Crippen molar-refractivity contribution < 1.29 is 5.11 Å². The molecule has 0 aliphatic carbocycles. The van der Waals surface area contributed by atoms with Crippen LogP contribution in [0.15, 0.2) is 48.5 Å². The van der Waals surface area contributed by atoms with Gasteiger partial charge in [-0.1, -0.05) is 24.3 Å². The van der Waals surface area contributed by atoms with Gasteiger partial charge in [0.1, 0.15) is 46.5 Å². The van der Waals surface area contributed by atoms with Gasteiger partial charge in [-0.15, -0.1) is 0 Å². The van der Waals surface area contributed by atoms with E-state index in [4.69, 9.17) is 0 Å². The minimum Gasteiger partial charge on any atom is -0.508 e. The molecule has 4 rings (SSSR count). The van der Waals surface area contributed by atoms with E-state index in [1.54, 1.807) is 19.2 Å². The zero-order valence-corrected chi connectivity index (χ0v) is 16.1. The van der Waals surface area contributed by atoms with Crippen molar-refractivity contribution in [2.75, 3.05) is 17.7 Å². The molecule has 146 valence electrons. The van der Waals surface area contributed by atoms with E-state index in [2.05, 4.69) is 37.7 Å². The Morgan fingerprint density at radius 2 is 1.77 bits per heavy atom. The average molecular weight is 395 g/mol. The van der Waals surface area contributed by atoms with Gasteiger partial charge < -0.3 is 20.7 Å². The van der Waals surface area contributed by atoms with Gasteiger partial charge in [-0.2, -0.15) is 10.5 Å². The molecule has 0 radical (unpaired) electrons. The van der Waals surface area contributed by atoms with Crippen molar-refractivity contribution in [3.05, 3.63) is 65.5 Å². The number of para-hydroxylation sites is 2. The van der Waals surface area contributed by atoms with Gasteiger partial charge in [-0.3, -0.25) is 0 Å². The minimum atomic E-state index is 0.0416. The molecule has 2 aromatic heterocycles. The van der Waals surface area contributed by atoms with E-state index >= 15 is 0 Å². The molecule has 2 heterocycles. The van der Waals surface area contributed by atoms with Crippen LogP contribution in [0.25, 0.3) is 22.2 Å². The smallest absolute Gasteiger partial charge is 0.147 e. The van der Waals surface area contributed by atoms with Crippen LogP contribution in [0.3, 0.4) is 0 Å². The number of fused-ring (bicyclic) bond motifs is 1. The number of nitrogens with one attached hydrogen (secondary N) is 3. The Bertz CT molecular complexity index is 1290. The molecule has 0 atom stereocenters. The standard InChI is InChI=1S/C22H17N7O/c1-25-21-15(10-23)20(13-5-4-6-14(30)9-13)16(11-24)22(29-21)26-12-19-27-17-7-2-3-8-18(17)28-19/h2-9,30H,12H2,1H3,(H,27,28)(H2,25,26,29). The summed E-state index contributed by atoms with van der Waals surface area (Å²) in [5.74, 6) is 1.39. The summed E-state index contributed by atoms with van der Waals surface area (Å²) in [6, 6.07) is 18.4. The monoisotopic (exact) mass is 395 g/mol. The van der Waals surface area contributed by atoms with Gasteiger partial charge in [-0.25, -0.2) is 9.97 Å². The molecule has 30 heavy (non-hydrogen) atoms. The fourth-order valence-corrected chi connectivity index (χ4v) is 3.32. The normalized spacial score (nSPS) is 10.4. The van der Waals surface area contributed by atoms with Crippen LogP contribution in [-0.4, -0.2) is 27.1 Å². The molecule has 4 aromatic rings. The number of aromatic amines is 1. The third kappa shape index (κ3) is 3.34. The Hall–Kier alpha value is -4.56. The van der Waals surface area contributed by atoms with Gasteiger partial charge >= 0.3 is 0 Å². The number of hydrogen-bond acceptors (Lipinski definition) is 7. The number of H-pyrrole nitrogens is 1. The lowest BCUT2D eigenvalue weighted by atomic mass is 9.95. The van der Waals surface area contributed by atoms with Crippen LogP contribution >= 0.6 is 0 Å². The summed E-state index contributed by atoms with van der Waals surface area (Å²) in [6.07, 6.45) is 0. The Morgan fingerprint density at radius 1 is 1.00 bits per heavy atom. The molecule has 0 bridgehead atoms. The lowest BCUT2D eigenvalue weighted by Crippen LogP contribution is -2.09. The molecular weight excluding hydrogens is 378 g/mol. The molecule has 8 nitrogen and oxygen atoms in total. The van der Waals surface area contributed by atoms with Crippen molar-refractivity contribution in [2.45, 2.75) is 6.54 Å². The van der Waals surface area contributed by atoms with Crippen LogP contribution in [-0.2, 0) is 6.54 Å².